The third-order valence-electron chi connectivity index (χ3n) is 2.08. The van der Waals surface area contributed by atoms with Crippen molar-refractivity contribution < 1.29 is 4.79 Å². The lowest BCUT2D eigenvalue weighted by atomic mass is 10.2. The number of aromatic nitrogens is 1. The van der Waals surface area contributed by atoms with Gasteiger partial charge in [-0.05, 0) is 30.5 Å². The molecule has 0 saturated heterocycles. The Bertz CT molecular complexity index is 487. The van der Waals surface area contributed by atoms with Crippen molar-refractivity contribution in [2.24, 2.45) is 0 Å². The second-order valence-corrected chi connectivity index (χ2v) is 4.32. The van der Waals surface area contributed by atoms with Gasteiger partial charge in [0.25, 0.3) is 0 Å². The summed E-state index contributed by atoms with van der Waals surface area (Å²) in [4.78, 5) is 14.1. The lowest BCUT2D eigenvalue weighted by Crippen LogP contribution is -1.95. The van der Waals surface area contributed by atoms with E-state index < -0.39 is 0 Å². The van der Waals surface area contributed by atoms with Gasteiger partial charge in [-0.2, -0.15) is 0 Å². The van der Waals surface area contributed by atoms with Gasteiger partial charge < -0.3 is 4.98 Å². The standard InChI is InChI=1S/C11H10BrNO/c1-7(14)4-10-5-8-2-3-9(12)6-11(8)13-10/h2-3,5-6,13H,4H2,1H3. The number of nitrogens with one attached hydrogen (secondary N) is 1. The third kappa shape index (κ3) is 1.87. The topological polar surface area (TPSA) is 32.9 Å². The first-order valence-corrected chi connectivity index (χ1v) is 5.21. The first-order valence-electron chi connectivity index (χ1n) is 4.42. The molecule has 0 unspecified atom stereocenters. The van der Waals surface area contributed by atoms with E-state index in [2.05, 4.69) is 20.9 Å². The first kappa shape index (κ1) is 9.46. The average Bonchev–Trinajstić information content (AvgIpc) is 2.44. The van der Waals surface area contributed by atoms with E-state index in [4.69, 9.17) is 0 Å². The Morgan fingerprint density at radius 1 is 1.43 bits per heavy atom. The molecule has 3 heteroatoms. The highest BCUT2D eigenvalue weighted by molar-refractivity contribution is 9.10. The molecular formula is C11H10BrNO. The second kappa shape index (κ2) is 3.58. The highest BCUT2D eigenvalue weighted by atomic mass is 79.9. The van der Waals surface area contributed by atoms with E-state index in [0.717, 1.165) is 21.1 Å². The van der Waals surface area contributed by atoms with Crippen LogP contribution in [0.1, 0.15) is 12.6 Å². The van der Waals surface area contributed by atoms with Gasteiger partial charge in [-0.3, -0.25) is 4.79 Å². The van der Waals surface area contributed by atoms with Crippen LogP contribution in [0.4, 0.5) is 0 Å². The predicted molar refractivity (Wildman–Crippen MR) is 60.4 cm³/mol. The number of aromatic amines is 1. The van der Waals surface area contributed by atoms with E-state index in [0.29, 0.717) is 6.42 Å². The smallest absolute Gasteiger partial charge is 0.135 e. The van der Waals surface area contributed by atoms with E-state index in [1.54, 1.807) is 6.92 Å². The molecule has 72 valence electrons. The highest BCUT2D eigenvalue weighted by Gasteiger charge is 2.02. The number of carbonyl (C=O) groups excluding carboxylic acids is 1. The monoisotopic (exact) mass is 251 g/mol. The SMILES string of the molecule is CC(=O)Cc1cc2ccc(Br)cc2[nH]1. The summed E-state index contributed by atoms with van der Waals surface area (Å²) in [7, 11) is 0. The van der Waals surface area contributed by atoms with Crippen LogP contribution in [-0.2, 0) is 11.2 Å². The van der Waals surface area contributed by atoms with E-state index in [1.807, 2.05) is 24.3 Å². The Balaban J connectivity index is 2.46. The molecule has 1 aromatic carbocycles. The molecule has 0 aliphatic heterocycles. The molecule has 2 nitrogen and oxygen atoms in total. The zero-order valence-corrected chi connectivity index (χ0v) is 9.39. The van der Waals surface area contributed by atoms with Crippen molar-refractivity contribution in [1.82, 2.24) is 4.98 Å². The molecule has 2 rings (SSSR count). The van der Waals surface area contributed by atoms with Crippen molar-refractivity contribution in [3.05, 3.63) is 34.4 Å². The number of ketones is 1. The number of hydrogen-bond donors (Lipinski definition) is 1. The van der Waals surface area contributed by atoms with Crippen LogP contribution >= 0.6 is 15.9 Å². The van der Waals surface area contributed by atoms with Crippen LogP contribution < -0.4 is 0 Å². The third-order valence-corrected chi connectivity index (χ3v) is 2.57. The summed E-state index contributed by atoms with van der Waals surface area (Å²) in [5.74, 6) is 0.177. The molecule has 0 aliphatic rings. The second-order valence-electron chi connectivity index (χ2n) is 3.40. The Morgan fingerprint density at radius 3 is 2.93 bits per heavy atom. The molecule has 0 saturated carbocycles. The van der Waals surface area contributed by atoms with Crippen LogP contribution in [0.25, 0.3) is 10.9 Å². The van der Waals surface area contributed by atoms with Gasteiger partial charge in [0, 0.05) is 22.1 Å². The molecule has 2 aromatic rings. The predicted octanol–water partition coefficient (Wildman–Crippen LogP) is 3.06. The van der Waals surface area contributed by atoms with Gasteiger partial charge >= 0.3 is 0 Å². The minimum Gasteiger partial charge on any atom is -0.358 e. The Labute approximate surface area is 90.4 Å². The summed E-state index contributed by atoms with van der Waals surface area (Å²) in [5.41, 5.74) is 2.04. The molecule has 1 heterocycles. The van der Waals surface area contributed by atoms with Crippen molar-refractivity contribution in [2.45, 2.75) is 13.3 Å². The summed E-state index contributed by atoms with van der Waals surface area (Å²) >= 11 is 3.41. The molecule has 0 spiro atoms. The number of benzene rings is 1. The fourth-order valence-corrected chi connectivity index (χ4v) is 1.88. The summed E-state index contributed by atoms with van der Waals surface area (Å²) in [5, 5.41) is 1.14. The molecule has 0 fully saturated rings. The molecular weight excluding hydrogens is 242 g/mol. The van der Waals surface area contributed by atoms with Gasteiger partial charge in [-0.15, -0.1) is 0 Å². The summed E-state index contributed by atoms with van der Waals surface area (Å²) in [6, 6.07) is 8.05. The summed E-state index contributed by atoms with van der Waals surface area (Å²) < 4.78 is 1.04. The minimum absolute atomic E-state index is 0.177. The molecule has 14 heavy (non-hydrogen) atoms. The van der Waals surface area contributed by atoms with Crippen LogP contribution in [0.2, 0.25) is 0 Å². The number of halogens is 1. The van der Waals surface area contributed by atoms with Crippen molar-refractivity contribution >= 4 is 32.6 Å². The first-order chi connectivity index (χ1) is 6.65. The Morgan fingerprint density at radius 2 is 2.21 bits per heavy atom. The fraction of sp³-hybridized carbons (Fsp3) is 0.182. The number of rotatable bonds is 2. The Hall–Kier alpha value is -1.09. The van der Waals surface area contributed by atoms with Crippen LogP contribution in [0, 0.1) is 0 Å². The normalized spacial score (nSPS) is 10.7. The van der Waals surface area contributed by atoms with E-state index >= 15 is 0 Å². The van der Waals surface area contributed by atoms with Crippen LogP contribution in [0.5, 0.6) is 0 Å². The lowest BCUT2D eigenvalue weighted by Gasteiger charge is -1.90. The zero-order valence-electron chi connectivity index (χ0n) is 7.80. The van der Waals surface area contributed by atoms with E-state index in [-0.39, 0.29) is 5.78 Å². The fourth-order valence-electron chi connectivity index (χ4n) is 1.52. The maximum atomic E-state index is 10.9. The molecule has 0 atom stereocenters. The van der Waals surface area contributed by atoms with Crippen LogP contribution in [-0.4, -0.2) is 10.8 Å². The average molecular weight is 252 g/mol. The van der Waals surface area contributed by atoms with E-state index in [9.17, 15) is 4.79 Å². The van der Waals surface area contributed by atoms with Crippen molar-refractivity contribution in [3.8, 4) is 0 Å². The van der Waals surface area contributed by atoms with Crippen LogP contribution in [0.3, 0.4) is 0 Å². The quantitative estimate of drug-likeness (QED) is 0.875. The Kier molecular flexibility index (Phi) is 2.42. The maximum Gasteiger partial charge on any atom is 0.135 e. The van der Waals surface area contributed by atoms with Crippen molar-refractivity contribution in [3.63, 3.8) is 0 Å². The van der Waals surface area contributed by atoms with Gasteiger partial charge in [0.15, 0.2) is 0 Å². The number of hydrogen-bond acceptors (Lipinski definition) is 1. The molecule has 0 radical (unpaired) electrons. The van der Waals surface area contributed by atoms with Gasteiger partial charge in [-0.1, -0.05) is 22.0 Å². The zero-order chi connectivity index (χ0) is 10.1. The van der Waals surface area contributed by atoms with Crippen LogP contribution in [0.15, 0.2) is 28.7 Å². The van der Waals surface area contributed by atoms with Crippen molar-refractivity contribution in [2.75, 3.05) is 0 Å². The number of H-pyrrole nitrogens is 1. The number of carbonyl (C=O) groups is 1. The lowest BCUT2D eigenvalue weighted by molar-refractivity contribution is -0.116. The molecule has 0 amide bonds. The van der Waals surface area contributed by atoms with Gasteiger partial charge in [0.1, 0.15) is 5.78 Å². The molecule has 1 N–H and O–H groups in total. The molecule has 0 aliphatic carbocycles. The van der Waals surface area contributed by atoms with Gasteiger partial charge in [-0.25, -0.2) is 0 Å². The minimum atomic E-state index is 0.177. The molecule has 0 bridgehead atoms. The summed E-state index contributed by atoms with van der Waals surface area (Å²) in [6.07, 6.45) is 0.478. The molecule has 1 aromatic heterocycles. The number of Topliss-reactive ketones (excluding diaryl/α,β-unsaturated/α-hetero) is 1. The maximum absolute atomic E-state index is 10.9. The van der Waals surface area contributed by atoms with Gasteiger partial charge in [0.2, 0.25) is 0 Å². The van der Waals surface area contributed by atoms with E-state index in [1.165, 1.54) is 0 Å². The highest BCUT2D eigenvalue weighted by Crippen LogP contribution is 2.20. The summed E-state index contributed by atoms with van der Waals surface area (Å²) in [6.45, 7) is 1.60. The number of fused-ring (bicyclic) bond motifs is 1. The largest absolute Gasteiger partial charge is 0.358 e. The van der Waals surface area contributed by atoms with Crippen molar-refractivity contribution in [1.29, 1.82) is 0 Å². The van der Waals surface area contributed by atoms with Gasteiger partial charge in [0.05, 0.1) is 0 Å².